The molecule has 0 spiro atoms. The summed E-state index contributed by atoms with van der Waals surface area (Å²) >= 11 is 1.86. The van der Waals surface area contributed by atoms with Gasteiger partial charge in [0.05, 0.1) is 10.4 Å². The molecule has 110 valence electrons. The third kappa shape index (κ3) is 2.78. The summed E-state index contributed by atoms with van der Waals surface area (Å²) in [6, 6.07) is 5.04. The van der Waals surface area contributed by atoms with Gasteiger partial charge in [-0.15, -0.1) is 0 Å². The van der Waals surface area contributed by atoms with Crippen LogP contribution >= 0.6 is 11.8 Å². The van der Waals surface area contributed by atoms with E-state index in [2.05, 4.69) is 21.5 Å². The van der Waals surface area contributed by atoms with Gasteiger partial charge in [-0.3, -0.25) is 10.1 Å². The van der Waals surface area contributed by atoms with Crippen LogP contribution in [-0.2, 0) is 0 Å². The lowest BCUT2D eigenvalue weighted by Crippen LogP contribution is -2.26. The molecule has 0 radical (unpaired) electrons. The first-order valence-corrected chi connectivity index (χ1v) is 8.16. The third-order valence-electron chi connectivity index (χ3n) is 3.91. The maximum atomic E-state index is 10.9. The number of nitrogens with zero attached hydrogens (tertiary/aromatic N) is 3. The first-order chi connectivity index (χ1) is 10.2. The second-order valence-corrected chi connectivity index (χ2v) is 6.21. The molecule has 2 unspecified atom stereocenters. The van der Waals surface area contributed by atoms with Crippen LogP contribution < -0.4 is 5.32 Å². The molecular weight excluding hydrogens is 288 g/mol. The number of fused-ring (bicyclic) bond motifs is 1. The van der Waals surface area contributed by atoms with Crippen molar-refractivity contribution in [2.75, 3.05) is 11.6 Å². The smallest absolute Gasteiger partial charge is 0.270 e. The zero-order valence-corrected chi connectivity index (χ0v) is 12.5. The molecule has 1 saturated carbocycles. The minimum Gasteiger partial charge on any atom is -0.366 e. The summed E-state index contributed by atoms with van der Waals surface area (Å²) in [6.07, 6.45) is 7.12. The highest BCUT2D eigenvalue weighted by molar-refractivity contribution is 7.99. The van der Waals surface area contributed by atoms with Crippen LogP contribution in [0.4, 0.5) is 11.5 Å². The maximum Gasteiger partial charge on any atom is 0.270 e. The minimum atomic E-state index is -0.392. The Labute approximate surface area is 126 Å². The number of aromatic nitrogens is 2. The van der Waals surface area contributed by atoms with Gasteiger partial charge in [0.2, 0.25) is 0 Å². The highest BCUT2D eigenvalue weighted by Crippen LogP contribution is 2.32. The molecule has 1 heterocycles. The van der Waals surface area contributed by atoms with Gasteiger partial charge in [0.15, 0.2) is 0 Å². The Bertz CT molecular complexity index is 679. The maximum absolute atomic E-state index is 10.9. The molecule has 1 N–H and O–H groups in total. The first kappa shape index (κ1) is 14.1. The van der Waals surface area contributed by atoms with Crippen molar-refractivity contribution in [3.8, 4) is 0 Å². The van der Waals surface area contributed by atoms with E-state index in [-0.39, 0.29) is 5.69 Å². The van der Waals surface area contributed by atoms with Crippen LogP contribution in [-0.4, -0.2) is 32.4 Å². The van der Waals surface area contributed by atoms with Gasteiger partial charge in [0.25, 0.3) is 5.69 Å². The number of rotatable bonds is 4. The van der Waals surface area contributed by atoms with Gasteiger partial charge < -0.3 is 5.32 Å². The van der Waals surface area contributed by atoms with E-state index in [1.165, 1.54) is 25.2 Å². The lowest BCUT2D eigenvalue weighted by atomic mass is 10.2. The zero-order chi connectivity index (χ0) is 14.8. The predicted octanol–water partition coefficient (Wildman–Crippen LogP) is 3.23. The van der Waals surface area contributed by atoms with Crippen LogP contribution in [0.1, 0.15) is 19.3 Å². The molecule has 7 heteroatoms. The van der Waals surface area contributed by atoms with E-state index in [1.54, 1.807) is 12.1 Å². The number of nitro groups is 1. The molecule has 0 bridgehead atoms. The molecular formula is C14H16N4O2S. The lowest BCUT2D eigenvalue weighted by Gasteiger charge is -2.20. The topological polar surface area (TPSA) is 81.0 Å². The van der Waals surface area contributed by atoms with Crippen molar-refractivity contribution in [2.24, 2.45) is 0 Å². The molecule has 0 amide bonds. The van der Waals surface area contributed by atoms with Crippen LogP contribution in [0.15, 0.2) is 24.5 Å². The molecule has 0 aliphatic heterocycles. The fraction of sp³-hybridized carbons (Fsp3) is 0.429. The van der Waals surface area contributed by atoms with Gasteiger partial charge in [-0.05, 0) is 25.2 Å². The van der Waals surface area contributed by atoms with Gasteiger partial charge in [-0.2, -0.15) is 11.8 Å². The van der Waals surface area contributed by atoms with E-state index in [4.69, 9.17) is 0 Å². The average Bonchev–Trinajstić information content (AvgIpc) is 2.94. The number of hydrogen-bond donors (Lipinski definition) is 1. The number of hydrogen-bond acceptors (Lipinski definition) is 6. The Balaban J connectivity index is 1.97. The fourth-order valence-electron chi connectivity index (χ4n) is 2.82. The summed E-state index contributed by atoms with van der Waals surface area (Å²) in [5, 5.41) is 15.7. The van der Waals surface area contributed by atoms with Crippen molar-refractivity contribution in [3.05, 3.63) is 34.6 Å². The fourth-order valence-corrected chi connectivity index (χ4v) is 3.76. The van der Waals surface area contributed by atoms with E-state index in [0.717, 1.165) is 11.9 Å². The molecule has 1 aromatic carbocycles. The van der Waals surface area contributed by atoms with Gasteiger partial charge in [-0.1, -0.05) is 6.42 Å². The molecule has 21 heavy (non-hydrogen) atoms. The number of nitro benzene ring substituents is 1. The molecule has 1 fully saturated rings. The third-order valence-corrected chi connectivity index (χ3v) is 5.08. The summed E-state index contributed by atoms with van der Waals surface area (Å²) in [5.41, 5.74) is 0.782. The molecule has 1 aliphatic rings. The van der Waals surface area contributed by atoms with E-state index in [0.29, 0.717) is 22.5 Å². The molecule has 0 saturated heterocycles. The van der Waals surface area contributed by atoms with Crippen LogP contribution in [0.2, 0.25) is 0 Å². The minimum absolute atomic E-state index is 0.0631. The Kier molecular flexibility index (Phi) is 3.92. The second-order valence-electron chi connectivity index (χ2n) is 5.14. The molecule has 3 rings (SSSR count). The zero-order valence-electron chi connectivity index (χ0n) is 11.7. The Morgan fingerprint density at radius 3 is 3.00 bits per heavy atom. The largest absolute Gasteiger partial charge is 0.366 e. The van der Waals surface area contributed by atoms with E-state index >= 15 is 0 Å². The summed E-state index contributed by atoms with van der Waals surface area (Å²) in [6.45, 7) is 0. The summed E-state index contributed by atoms with van der Waals surface area (Å²) in [7, 11) is 0. The number of anilines is 1. The Morgan fingerprint density at radius 2 is 2.24 bits per heavy atom. The van der Waals surface area contributed by atoms with Crippen molar-refractivity contribution in [2.45, 2.75) is 30.6 Å². The molecule has 1 aliphatic carbocycles. The lowest BCUT2D eigenvalue weighted by molar-refractivity contribution is -0.384. The van der Waals surface area contributed by atoms with Crippen LogP contribution in [0.3, 0.4) is 0 Å². The van der Waals surface area contributed by atoms with Gasteiger partial charge in [-0.25, -0.2) is 9.97 Å². The molecule has 2 aromatic rings. The van der Waals surface area contributed by atoms with Gasteiger partial charge in [0.1, 0.15) is 12.1 Å². The Hall–Kier alpha value is -1.89. The highest BCUT2D eigenvalue weighted by Gasteiger charge is 2.27. The predicted molar refractivity (Wildman–Crippen MR) is 84.8 cm³/mol. The average molecular weight is 304 g/mol. The normalized spacial score (nSPS) is 21.6. The number of thioether (sulfide) groups is 1. The quantitative estimate of drug-likeness (QED) is 0.690. The molecule has 1 aromatic heterocycles. The van der Waals surface area contributed by atoms with Crippen LogP contribution in [0.25, 0.3) is 10.9 Å². The summed E-state index contributed by atoms with van der Waals surface area (Å²) in [4.78, 5) is 19.0. The van der Waals surface area contributed by atoms with E-state index in [9.17, 15) is 10.1 Å². The van der Waals surface area contributed by atoms with E-state index in [1.807, 2.05) is 11.8 Å². The Morgan fingerprint density at radius 1 is 1.38 bits per heavy atom. The van der Waals surface area contributed by atoms with Crippen molar-refractivity contribution in [1.29, 1.82) is 0 Å². The number of nitrogens with one attached hydrogen (secondary N) is 1. The van der Waals surface area contributed by atoms with Gasteiger partial charge in [0, 0.05) is 28.8 Å². The van der Waals surface area contributed by atoms with Crippen molar-refractivity contribution < 1.29 is 4.92 Å². The highest BCUT2D eigenvalue weighted by atomic mass is 32.2. The number of non-ortho nitro benzene ring substituents is 1. The standard InChI is InChI=1S/C14H16N4O2S/c1-21-13-4-2-3-12(13)17-14-10-7-9(18(19)20)5-6-11(10)15-8-16-14/h5-8,12-13H,2-4H2,1H3,(H,15,16,17). The van der Waals surface area contributed by atoms with Crippen molar-refractivity contribution >= 4 is 34.2 Å². The van der Waals surface area contributed by atoms with Crippen LogP contribution in [0, 0.1) is 10.1 Å². The molecule has 2 atom stereocenters. The second kappa shape index (κ2) is 5.85. The van der Waals surface area contributed by atoms with E-state index < -0.39 is 4.92 Å². The van der Waals surface area contributed by atoms with Crippen molar-refractivity contribution in [3.63, 3.8) is 0 Å². The number of benzene rings is 1. The SMILES string of the molecule is CSC1CCCC1Nc1ncnc2ccc([N+](=O)[O-])cc12. The first-order valence-electron chi connectivity index (χ1n) is 6.87. The summed E-state index contributed by atoms with van der Waals surface area (Å²) < 4.78 is 0. The van der Waals surface area contributed by atoms with Crippen molar-refractivity contribution in [1.82, 2.24) is 9.97 Å². The van der Waals surface area contributed by atoms with Gasteiger partial charge >= 0.3 is 0 Å². The van der Waals surface area contributed by atoms with Crippen LogP contribution in [0.5, 0.6) is 0 Å². The molecule has 6 nitrogen and oxygen atoms in total. The summed E-state index contributed by atoms with van der Waals surface area (Å²) in [5.74, 6) is 0.689. The monoisotopic (exact) mass is 304 g/mol.